The molecule has 2 aliphatic carbocycles. The van der Waals surface area contributed by atoms with Crippen molar-refractivity contribution in [3.8, 4) is 22.3 Å². The monoisotopic (exact) mass is 718 g/mol. The molecule has 8 aromatic rings. The van der Waals surface area contributed by atoms with Crippen LogP contribution in [0.5, 0.6) is 0 Å². The fourth-order valence-electron chi connectivity index (χ4n) is 10.2. The molecule has 268 valence electrons. The van der Waals surface area contributed by atoms with Gasteiger partial charge in [-0.1, -0.05) is 178 Å². The number of nitrogens with zero attached hydrogens (tertiary/aromatic N) is 2. The summed E-state index contributed by atoms with van der Waals surface area (Å²) >= 11 is 0. The van der Waals surface area contributed by atoms with E-state index in [1.165, 1.54) is 82.7 Å². The van der Waals surface area contributed by atoms with Gasteiger partial charge in [0.1, 0.15) is 0 Å². The third-order valence-electron chi connectivity index (χ3n) is 12.9. The molecule has 2 nitrogen and oxygen atoms in total. The summed E-state index contributed by atoms with van der Waals surface area (Å²) in [6.07, 6.45) is 1.87. The third kappa shape index (κ3) is 5.16. The van der Waals surface area contributed by atoms with Crippen molar-refractivity contribution in [2.24, 2.45) is 15.9 Å². The highest BCUT2D eigenvalue weighted by atomic mass is 15.0. The van der Waals surface area contributed by atoms with Crippen LogP contribution in [0.25, 0.3) is 43.8 Å². The maximum absolute atomic E-state index is 5.62. The molecule has 0 bridgehead atoms. The molecule has 4 atom stereocenters. The predicted octanol–water partition coefficient (Wildman–Crippen LogP) is 13.5. The standard InChI is InChI=1S/C54H42N2/c1-3-41-52(35-16-5-4-6-17-35)55-54(45-25-13-20-34-15-9-10-22-42(34)45)56-53(41)46-26-14-21-39-29-38-27-28-40(32-48(38)51(39)46)50-33(2)47-30-36-18-7-8-19-37(36)31-49(47)43-23-11-12-24-44(43)50/h4-28,30-33,41,50,52H,3,29H2,1-2H3. The molecule has 8 aromatic carbocycles. The number of hydrogen-bond donors (Lipinski definition) is 0. The zero-order valence-corrected chi connectivity index (χ0v) is 31.8. The second-order valence-electron chi connectivity index (χ2n) is 15.9. The lowest BCUT2D eigenvalue weighted by molar-refractivity contribution is 0.533. The van der Waals surface area contributed by atoms with Gasteiger partial charge in [0.2, 0.25) is 0 Å². The second kappa shape index (κ2) is 13.1. The molecule has 0 fully saturated rings. The summed E-state index contributed by atoms with van der Waals surface area (Å²) in [5.74, 6) is 1.51. The van der Waals surface area contributed by atoms with E-state index in [4.69, 9.17) is 9.98 Å². The minimum atomic E-state index is -0.0403. The first-order valence-corrected chi connectivity index (χ1v) is 20.2. The van der Waals surface area contributed by atoms with Crippen molar-refractivity contribution in [2.75, 3.05) is 0 Å². The molecule has 3 aliphatic rings. The van der Waals surface area contributed by atoms with Crippen molar-refractivity contribution < 1.29 is 0 Å². The van der Waals surface area contributed by atoms with E-state index in [0.717, 1.165) is 30.0 Å². The first-order chi connectivity index (χ1) is 27.6. The molecule has 0 spiro atoms. The van der Waals surface area contributed by atoms with Gasteiger partial charge in [-0.3, -0.25) is 4.99 Å². The van der Waals surface area contributed by atoms with E-state index in [1.807, 2.05) is 0 Å². The number of rotatable bonds is 5. The Morgan fingerprint density at radius 3 is 2.07 bits per heavy atom. The minimum Gasteiger partial charge on any atom is -0.257 e. The molecule has 11 rings (SSSR count). The first-order valence-electron chi connectivity index (χ1n) is 20.2. The van der Waals surface area contributed by atoms with Crippen LogP contribution in [0.1, 0.15) is 82.7 Å². The molecule has 0 aromatic heterocycles. The van der Waals surface area contributed by atoms with Crippen LogP contribution in [-0.2, 0) is 6.42 Å². The molecule has 4 unspecified atom stereocenters. The van der Waals surface area contributed by atoms with Crippen LogP contribution < -0.4 is 0 Å². The van der Waals surface area contributed by atoms with E-state index in [2.05, 4.69) is 184 Å². The van der Waals surface area contributed by atoms with Gasteiger partial charge in [0.25, 0.3) is 0 Å². The van der Waals surface area contributed by atoms with Gasteiger partial charge in [0, 0.05) is 23.0 Å². The van der Waals surface area contributed by atoms with Crippen LogP contribution in [0.4, 0.5) is 0 Å². The quantitative estimate of drug-likeness (QED) is 0.169. The molecule has 0 amide bonds. The van der Waals surface area contributed by atoms with Gasteiger partial charge in [-0.15, -0.1) is 0 Å². The van der Waals surface area contributed by atoms with E-state index in [0.29, 0.717) is 5.92 Å². The lowest BCUT2D eigenvalue weighted by atomic mass is 9.69. The van der Waals surface area contributed by atoms with Gasteiger partial charge in [-0.2, -0.15) is 0 Å². The van der Waals surface area contributed by atoms with E-state index in [-0.39, 0.29) is 17.9 Å². The van der Waals surface area contributed by atoms with Crippen molar-refractivity contribution in [3.05, 3.63) is 214 Å². The zero-order valence-electron chi connectivity index (χ0n) is 31.8. The fraction of sp³-hybridized carbons (Fsp3) is 0.148. The van der Waals surface area contributed by atoms with Crippen molar-refractivity contribution >= 4 is 33.1 Å². The van der Waals surface area contributed by atoms with Crippen molar-refractivity contribution in [3.63, 3.8) is 0 Å². The molecule has 0 N–H and O–H groups in total. The molecule has 2 heteroatoms. The van der Waals surface area contributed by atoms with Crippen LogP contribution >= 0.6 is 0 Å². The van der Waals surface area contributed by atoms with Crippen molar-refractivity contribution in [2.45, 2.75) is 44.6 Å². The number of hydrogen-bond acceptors (Lipinski definition) is 2. The number of benzene rings is 8. The first kappa shape index (κ1) is 33.0. The Balaban J connectivity index is 1.08. The zero-order chi connectivity index (χ0) is 37.3. The molecule has 0 saturated heterocycles. The largest absolute Gasteiger partial charge is 0.257 e. The van der Waals surface area contributed by atoms with Crippen LogP contribution in [0.2, 0.25) is 0 Å². The van der Waals surface area contributed by atoms with E-state index in [1.54, 1.807) is 0 Å². The summed E-state index contributed by atoms with van der Waals surface area (Å²) in [6.45, 7) is 4.73. The summed E-state index contributed by atoms with van der Waals surface area (Å²) in [5, 5.41) is 4.99. The van der Waals surface area contributed by atoms with Crippen molar-refractivity contribution in [1.82, 2.24) is 0 Å². The molecule has 56 heavy (non-hydrogen) atoms. The van der Waals surface area contributed by atoms with Gasteiger partial charge in [-0.25, -0.2) is 4.99 Å². The van der Waals surface area contributed by atoms with Gasteiger partial charge in [-0.05, 0) is 102 Å². The van der Waals surface area contributed by atoms with Crippen molar-refractivity contribution in [1.29, 1.82) is 0 Å². The molecular formula is C54H42N2. The SMILES string of the molecule is CCC1C(c2cccc3c2-c2cc(C4c5ccccc5-c5cc6ccccc6cc5C4C)ccc2C3)=NC(c2cccc3ccccc23)=NC1c1ccccc1. The summed E-state index contributed by atoms with van der Waals surface area (Å²) < 4.78 is 0. The molecule has 1 aliphatic heterocycles. The Bertz CT molecular complexity index is 2910. The Morgan fingerprint density at radius 2 is 1.21 bits per heavy atom. The molecular weight excluding hydrogens is 677 g/mol. The maximum atomic E-state index is 5.62. The highest BCUT2D eigenvalue weighted by Crippen LogP contribution is 2.52. The summed E-state index contributed by atoms with van der Waals surface area (Å²) in [6, 6.07) is 63.0. The van der Waals surface area contributed by atoms with Crippen LogP contribution in [0.15, 0.2) is 180 Å². The van der Waals surface area contributed by atoms with E-state index >= 15 is 0 Å². The summed E-state index contributed by atoms with van der Waals surface area (Å²) in [5.41, 5.74) is 17.1. The third-order valence-corrected chi connectivity index (χ3v) is 12.9. The highest BCUT2D eigenvalue weighted by Gasteiger charge is 2.36. The van der Waals surface area contributed by atoms with Gasteiger partial charge < -0.3 is 0 Å². The average Bonchev–Trinajstić information content (AvgIpc) is 3.64. The molecule has 0 radical (unpaired) electrons. The van der Waals surface area contributed by atoms with Gasteiger partial charge >= 0.3 is 0 Å². The van der Waals surface area contributed by atoms with Gasteiger partial charge in [0.15, 0.2) is 5.84 Å². The van der Waals surface area contributed by atoms with E-state index < -0.39 is 0 Å². The Kier molecular flexibility index (Phi) is 7.74. The van der Waals surface area contributed by atoms with E-state index in [9.17, 15) is 0 Å². The normalized spacial score (nSPS) is 19.5. The average molecular weight is 719 g/mol. The van der Waals surface area contributed by atoms with Crippen LogP contribution in [0.3, 0.4) is 0 Å². The lowest BCUT2D eigenvalue weighted by Crippen LogP contribution is -2.28. The number of fused-ring (bicyclic) bond motifs is 8. The number of aliphatic imine (C=N–C) groups is 2. The highest BCUT2D eigenvalue weighted by molar-refractivity contribution is 6.20. The molecule has 1 heterocycles. The second-order valence-corrected chi connectivity index (χ2v) is 15.9. The Hall–Kier alpha value is -6.38. The topological polar surface area (TPSA) is 24.7 Å². The lowest BCUT2D eigenvalue weighted by Gasteiger charge is -2.35. The smallest absolute Gasteiger partial charge is 0.156 e. The maximum Gasteiger partial charge on any atom is 0.156 e. The predicted molar refractivity (Wildman–Crippen MR) is 234 cm³/mol. The van der Waals surface area contributed by atoms with Crippen LogP contribution in [0, 0.1) is 5.92 Å². The minimum absolute atomic E-state index is 0.0403. The molecule has 0 saturated carbocycles. The summed E-state index contributed by atoms with van der Waals surface area (Å²) in [4.78, 5) is 11.1. The Morgan fingerprint density at radius 1 is 0.518 bits per heavy atom. The number of amidine groups is 1. The summed E-state index contributed by atoms with van der Waals surface area (Å²) in [7, 11) is 0. The van der Waals surface area contributed by atoms with Crippen LogP contribution in [-0.4, -0.2) is 11.5 Å². The fourth-order valence-corrected chi connectivity index (χ4v) is 10.2. The van der Waals surface area contributed by atoms with Gasteiger partial charge in [0.05, 0.1) is 11.8 Å². The Labute approximate surface area is 329 Å².